The molecule has 1 saturated heterocycles. The van der Waals surface area contributed by atoms with Gasteiger partial charge in [0, 0.05) is 25.3 Å². The molecule has 0 spiro atoms. The average molecular weight is 335 g/mol. The highest BCUT2D eigenvalue weighted by atomic mass is 16.2. The number of carbonyl (C=O) groups excluding carboxylic acids is 1. The summed E-state index contributed by atoms with van der Waals surface area (Å²) in [5, 5.41) is 3.05. The van der Waals surface area contributed by atoms with E-state index in [1.807, 2.05) is 23.1 Å². The summed E-state index contributed by atoms with van der Waals surface area (Å²) in [5.74, 6) is 0. The van der Waals surface area contributed by atoms with Gasteiger partial charge in [-0.1, -0.05) is 42.5 Å². The Hall–Kier alpha value is -2.33. The van der Waals surface area contributed by atoms with Gasteiger partial charge in [-0.3, -0.25) is 9.80 Å². The van der Waals surface area contributed by atoms with Crippen molar-refractivity contribution in [1.29, 1.82) is 0 Å². The second kappa shape index (κ2) is 7.28. The van der Waals surface area contributed by atoms with Gasteiger partial charge in [-0.05, 0) is 55.1 Å². The minimum Gasteiger partial charge on any atom is -0.334 e. The number of urea groups is 1. The maximum atomic E-state index is 12.5. The third kappa shape index (κ3) is 3.69. The Morgan fingerprint density at radius 1 is 0.920 bits per heavy atom. The highest BCUT2D eigenvalue weighted by Gasteiger charge is 2.23. The number of nitrogens with zero attached hydrogens (tertiary/aromatic N) is 2. The fourth-order valence-corrected chi connectivity index (χ4v) is 3.78. The second-order valence-electron chi connectivity index (χ2n) is 6.99. The summed E-state index contributed by atoms with van der Waals surface area (Å²) in [5.41, 5.74) is 4.79. The molecule has 130 valence electrons. The van der Waals surface area contributed by atoms with Gasteiger partial charge >= 0.3 is 6.03 Å². The molecule has 0 unspecified atom stereocenters. The van der Waals surface area contributed by atoms with Gasteiger partial charge in [0.25, 0.3) is 0 Å². The average Bonchev–Trinajstić information content (AvgIpc) is 3.30. The molecule has 2 aliphatic heterocycles. The number of hydrogen-bond acceptors (Lipinski definition) is 2. The number of likely N-dealkylation sites (tertiary alicyclic amines) is 1. The molecule has 1 N–H and O–H groups in total. The first-order valence-electron chi connectivity index (χ1n) is 9.23. The largest absolute Gasteiger partial charge is 0.334 e. The van der Waals surface area contributed by atoms with Crippen LogP contribution < -0.4 is 10.2 Å². The summed E-state index contributed by atoms with van der Waals surface area (Å²) in [6, 6.07) is 16.8. The lowest BCUT2D eigenvalue weighted by Gasteiger charge is -2.18. The molecule has 0 bridgehead atoms. The monoisotopic (exact) mass is 335 g/mol. The van der Waals surface area contributed by atoms with Crippen LogP contribution in [0.5, 0.6) is 0 Å². The van der Waals surface area contributed by atoms with E-state index >= 15 is 0 Å². The summed E-state index contributed by atoms with van der Waals surface area (Å²) >= 11 is 0. The molecule has 2 aromatic carbocycles. The predicted octanol–water partition coefficient (Wildman–Crippen LogP) is 3.55. The summed E-state index contributed by atoms with van der Waals surface area (Å²) < 4.78 is 0. The van der Waals surface area contributed by atoms with Crippen LogP contribution in [0.3, 0.4) is 0 Å². The van der Waals surface area contributed by atoms with Crippen LogP contribution >= 0.6 is 0 Å². The van der Waals surface area contributed by atoms with Crippen molar-refractivity contribution in [2.75, 3.05) is 24.5 Å². The Morgan fingerprint density at radius 2 is 1.64 bits per heavy atom. The first-order chi connectivity index (χ1) is 12.3. The van der Waals surface area contributed by atoms with Gasteiger partial charge < -0.3 is 5.32 Å². The van der Waals surface area contributed by atoms with E-state index in [0.29, 0.717) is 6.54 Å². The SMILES string of the molecule is O=C(NCc1ccc(CN2CCCC2)cc1)N1CCc2ccccc21. The fourth-order valence-electron chi connectivity index (χ4n) is 3.78. The van der Waals surface area contributed by atoms with E-state index in [1.54, 1.807) is 0 Å². The minimum atomic E-state index is -0.00825. The number of hydrogen-bond donors (Lipinski definition) is 1. The Bertz CT molecular complexity index is 735. The second-order valence-corrected chi connectivity index (χ2v) is 6.99. The van der Waals surface area contributed by atoms with Crippen molar-refractivity contribution in [3.8, 4) is 0 Å². The lowest BCUT2D eigenvalue weighted by atomic mass is 10.1. The van der Waals surface area contributed by atoms with E-state index in [9.17, 15) is 4.79 Å². The van der Waals surface area contributed by atoms with Gasteiger partial charge in [-0.15, -0.1) is 0 Å². The van der Waals surface area contributed by atoms with Crippen LogP contribution in [0.1, 0.15) is 29.5 Å². The van der Waals surface area contributed by atoms with Crippen LogP contribution in [0.4, 0.5) is 10.5 Å². The lowest BCUT2D eigenvalue weighted by Crippen LogP contribution is -2.38. The highest BCUT2D eigenvalue weighted by Crippen LogP contribution is 2.27. The molecule has 4 rings (SSSR count). The van der Waals surface area contributed by atoms with Crippen LogP contribution in [0.25, 0.3) is 0 Å². The Labute approximate surface area is 149 Å². The molecule has 4 heteroatoms. The van der Waals surface area contributed by atoms with Crippen LogP contribution in [0.15, 0.2) is 48.5 Å². The summed E-state index contributed by atoms with van der Waals surface area (Å²) in [4.78, 5) is 16.8. The molecule has 1 fully saturated rings. The molecule has 0 aromatic heterocycles. The number of para-hydroxylation sites is 1. The number of anilines is 1. The first-order valence-corrected chi connectivity index (χ1v) is 9.23. The van der Waals surface area contributed by atoms with E-state index in [1.165, 1.54) is 37.1 Å². The van der Waals surface area contributed by atoms with Crippen molar-refractivity contribution in [2.45, 2.75) is 32.4 Å². The quantitative estimate of drug-likeness (QED) is 0.927. The van der Waals surface area contributed by atoms with Gasteiger partial charge in [-0.25, -0.2) is 4.79 Å². The molecule has 2 aliphatic rings. The molecule has 0 aliphatic carbocycles. The minimum absolute atomic E-state index is 0.00825. The maximum Gasteiger partial charge on any atom is 0.322 e. The predicted molar refractivity (Wildman–Crippen MR) is 101 cm³/mol. The molecule has 0 atom stereocenters. The Kier molecular flexibility index (Phi) is 4.70. The van der Waals surface area contributed by atoms with Gasteiger partial charge in [0.1, 0.15) is 0 Å². The molecular weight excluding hydrogens is 310 g/mol. The molecule has 0 saturated carbocycles. The van der Waals surface area contributed by atoms with E-state index in [-0.39, 0.29) is 6.03 Å². The number of nitrogens with one attached hydrogen (secondary N) is 1. The van der Waals surface area contributed by atoms with E-state index in [2.05, 4.69) is 40.5 Å². The zero-order chi connectivity index (χ0) is 17.1. The standard InChI is InChI=1S/C21H25N3O/c25-21(24-14-11-19-5-1-2-6-20(19)24)22-15-17-7-9-18(10-8-17)16-23-12-3-4-13-23/h1-2,5-10H,3-4,11-16H2,(H,22,25). The van der Waals surface area contributed by atoms with Crippen molar-refractivity contribution >= 4 is 11.7 Å². The molecule has 25 heavy (non-hydrogen) atoms. The zero-order valence-electron chi connectivity index (χ0n) is 14.6. The smallest absolute Gasteiger partial charge is 0.322 e. The van der Waals surface area contributed by atoms with Crippen molar-refractivity contribution in [2.24, 2.45) is 0 Å². The van der Waals surface area contributed by atoms with Gasteiger partial charge in [0.15, 0.2) is 0 Å². The van der Waals surface area contributed by atoms with Crippen molar-refractivity contribution in [1.82, 2.24) is 10.2 Å². The summed E-state index contributed by atoms with van der Waals surface area (Å²) in [6.07, 6.45) is 3.59. The Balaban J connectivity index is 1.31. The normalized spacial score (nSPS) is 16.9. The lowest BCUT2D eigenvalue weighted by molar-refractivity contribution is 0.246. The topological polar surface area (TPSA) is 35.6 Å². The third-order valence-corrected chi connectivity index (χ3v) is 5.20. The van der Waals surface area contributed by atoms with Crippen LogP contribution in [-0.4, -0.2) is 30.6 Å². The summed E-state index contributed by atoms with van der Waals surface area (Å²) in [7, 11) is 0. The van der Waals surface area contributed by atoms with Crippen LogP contribution in [0.2, 0.25) is 0 Å². The number of fused-ring (bicyclic) bond motifs is 1. The molecule has 2 aromatic rings. The molecule has 4 nitrogen and oxygen atoms in total. The molecule has 2 amide bonds. The number of carbonyl (C=O) groups is 1. The van der Waals surface area contributed by atoms with Gasteiger partial charge in [0.2, 0.25) is 0 Å². The van der Waals surface area contributed by atoms with E-state index < -0.39 is 0 Å². The van der Waals surface area contributed by atoms with Crippen molar-refractivity contribution in [3.05, 3.63) is 65.2 Å². The fraction of sp³-hybridized carbons (Fsp3) is 0.381. The zero-order valence-corrected chi connectivity index (χ0v) is 14.6. The van der Waals surface area contributed by atoms with Crippen molar-refractivity contribution in [3.63, 3.8) is 0 Å². The van der Waals surface area contributed by atoms with Crippen LogP contribution in [0, 0.1) is 0 Å². The number of rotatable bonds is 4. The Morgan fingerprint density at radius 3 is 2.44 bits per heavy atom. The number of amides is 2. The number of benzene rings is 2. The molecular formula is C21H25N3O. The van der Waals surface area contributed by atoms with E-state index in [4.69, 9.17) is 0 Å². The first kappa shape index (κ1) is 16.2. The highest BCUT2D eigenvalue weighted by molar-refractivity contribution is 5.94. The molecule has 2 heterocycles. The van der Waals surface area contributed by atoms with E-state index in [0.717, 1.165) is 30.8 Å². The maximum absolute atomic E-state index is 12.5. The van der Waals surface area contributed by atoms with Gasteiger partial charge in [-0.2, -0.15) is 0 Å². The summed E-state index contributed by atoms with van der Waals surface area (Å²) in [6.45, 7) is 4.81. The van der Waals surface area contributed by atoms with Gasteiger partial charge in [0.05, 0.1) is 0 Å². The van der Waals surface area contributed by atoms with Crippen LogP contribution in [-0.2, 0) is 19.5 Å². The molecule has 0 radical (unpaired) electrons. The third-order valence-electron chi connectivity index (χ3n) is 5.20. The van der Waals surface area contributed by atoms with Crippen molar-refractivity contribution < 1.29 is 4.79 Å².